The van der Waals surface area contributed by atoms with Crippen LogP contribution in [0.4, 0.5) is 5.69 Å². The molecule has 2 aromatic rings. The Morgan fingerprint density at radius 3 is 2.52 bits per heavy atom. The molecule has 23 heavy (non-hydrogen) atoms. The molecule has 0 saturated heterocycles. The van der Waals surface area contributed by atoms with E-state index in [0.717, 1.165) is 11.3 Å². The van der Waals surface area contributed by atoms with E-state index in [0.29, 0.717) is 29.7 Å². The average molecular weight is 335 g/mol. The monoisotopic (exact) mass is 334 g/mol. The second-order valence-electron chi connectivity index (χ2n) is 5.35. The first kappa shape index (κ1) is 17.4. The molecule has 0 radical (unpaired) electrons. The fourth-order valence-electron chi connectivity index (χ4n) is 2.11. The van der Waals surface area contributed by atoms with Crippen molar-refractivity contribution in [2.75, 3.05) is 12.0 Å². The van der Waals surface area contributed by atoms with Gasteiger partial charge in [-0.25, -0.2) is 5.43 Å². The van der Waals surface area contributed by atoms with E-state index >= 15 is 0 Å². The minimum atomic E-state index is 0.0374. The van der Waals surface area contributed by atoms with Crippen LogP contribution in [-0.4, -0.2) is 12.7 Å². The predicted molar refractivity (Wildman–Crippen MR) is 95.3 cm³/mol. The normalized spacial score (nSPS) is 10.7. The lowest BCUT2D eigenvalue weighted by Gasteiger charge is -2.17. The van der Waals surface area contributed by atoms with Crippen molar-refractivity contribution in [3.63, 3.8) is 0 Å². The summed E-state index contributed by atoms with van der Waals surface area (Å²) >= 11 is 6.36. The van der Waals surface area contributed by atoms with Gasteiger partial charge in [-0.3, -0.25) is 0 Å². The van der Waals surface area contributed by atoms with E-state index in [2.05, 4.69) is 10.9 Å². The quantitative estimate of drug-likeness (QED) is 0.690. The second-order valence-corrected chi connectivity index (χ2v) is 5.76. The Balaban J connectivity index is 2.06. The topological polar surface area (TPSA) is 42.5 Å². The van der Waals surface area contributed by atoms with Crippen LogP contribution in [0.1, 0.15) is 26.3 Å². The maximum atomic E-state index is 6.36. The largest absolute Gasteiger partial charge is 0.490 e. The summed E-state index contributed by atoms with van der Waals surface area (Å²) in [5, 5.41) is 0.557. The summed E-state index contributed by atoms with van der Waals surface area (Å²) in [7, 11) is 0. The third-order valence-electron chi connectivity index (χ3n) is 3.02. The Kier molecular flexibility index (Phi) is 6.56. The molecule has 0 heterocycles. The van der Waals surface area contributed by atoms with Gasteiger partial charge in [0.2, 0.25) is 0 Å². The molecule has 0 aliphatic heterocycles. The van der Waals surface area contributed by atoms with Crippen molar-refractivity contribution in [3.05, 3.63) is 53.1 Å². The lowest BCUT2D eigenvalue weighted by atomic mass is 10.2. The van der Waals surface area contributed by atoms with Gasteiger partial charge in [-0.05, 0) is 50.6 Å². The van der Waals surface area contributed by atoms with Gasteiger partial charge in [0.1, 0.15) is 0 Å². The van der Waals surface area contributed by atoms with Gasteiger partial charge in [0.25, 0.3) is 0 Å². The van der Waals surface area contributed by atoms with E-state index < -0.39 is 0 Å². The molecule has 0 aromatic heterocycles. The van der Waals surface area contributed by atoms with Gasteiger partial charge in [-0.2, -0.15) is 0 Å². The van der Waals surface area contributed by atoms with Crippen LogP contribution in [0.5, 0.6) is 11.5 Å². The fourth-order valence-corrected chi connectivity index (χ4v) is 2.38. The Labute approximate surface area is 142 Å². The summed E-state index contributed by atoms with van der Waals surface area (Å²) in [6.07, 6.45) is 0.0374. The van der Waals surface area contributed by atoms with Gasteiger partial charge < -0.3 is 14.9 Å². The van der Waals surface area contributed by atoms with Crippen molar-refractivity contribution < 1.29 is 9.47 Å². The van der Waals surface area contributed by atoms with Gasteiger partial charge in [0.15, 0.2) is 11.5 Å². The van der Waals surface area contributed by atoms with E-state index in [-0.39, 0.29) is 6.10 Å². The summed E-state index contributed by atoms with van der Waals surface area (Å²) in [5.74, 6) is 1.27. The Morgan fingerprint density at radius 2 is 1.87 bits per heavy atom. The molecular weight excluding hydrogens is 312 g/mol. The molecule has 0 bridgehead atoms. The van der Waals surface area contributed by atoms with Gasteiger partial charge in [-0.15, -0.1) is 0 Å². The lowest BCUT2D eigenvalue weighted by Crippen LogP contribution is -2.20. The number of hydrazine groups is 1. The number of nitrogens with one attached hydrogen (secondary N) is 2. The molecule has 0 fully saturated rings. The van der Waals surface area contributed by atoms with Crippen molar-refractivity contribution in [1.82, 2.24) is 5.43 Å². The fraction of sp³-hybridized carbons (Fsp3) is 0.333. The standard InChI is InChI=1S/C18H23ClN2O2/c1-4-22-17-11-14(10-16(19)18(17)23-13(2)3)12-20-21-15-8-6-5-7-9-15/h5-11,13,20-21H,4,12H2,1-3H3. The third-order valence-corrected chi connectivity index (χ3v) is 3.30. The molecule has 0 unspecified atom stereocenters. The van der Waals surface area contributed by atoms with Crippen molar-refractivity contribution >= 4 is 17.3 Å². The lowest BCUT2D eigenvalue weighted by molar-refractivity contribution is 0.224. The van der Waals surface area contributed by atoms with Crippen LogP contribution in [0.2, 0.25) is 5.02 Å². The minimum Gasteiger partial charge on any atom is -0.490 e. The van der Waals surface area contributed by atoms with Gasteiger partial charge >= 0.3 is 0 Å². The van der Waals surface area contributed by atoms with Crippen molar-refractivity contribution in [1.29, 1.82) is 0 Å². The van der Waals surface area contributed by atoms with Gasteiger partial charge in [0.05, 0.1) is 17.7 Å². The summed E-state index contributed by atoms with van der Waals surface area (Å²) < 4.78 is 11.4. The zero-order valence-corrected chi connectivity index (χ0v) is 14.5. The van der Waals surface area contributed by atoms with Crippen LogP contribution in [0.3, 0.4) is 0 Å². The van der Waals surface area contributed by atoms with Crippen LogP contribution >= 0.6 is 11.6 Å². The average Bonchev–Trinajstić information content (AvgIpc) is 2.52. The van der Waals surface area contributed by atoms with Crippen molar-refractivity contribution in [3.8, 4) is 11.5 Å². The molecule has 4 nitrogen and oxygen atoms in total. The van der Waals surface area contributed by atoms with Crippen LogP contribution in [0.25, 0.3) is 0 Å². The zero-order valence-electron chi connectivity index (χ0n) is 13.7. The number of para-hydroxylation sites is 1. The number of hydrogen-bond acceptors (Lipinski definition) is 4. The van der Waals surface area contributed by atoms with E-state index in [1.807, 2.05) is 63.2 Å². The van der Waals surface area contributed by atoms with Gasteiger partial charge in [0, 0.05) is 12.2 Å². The molecule has 2 N–H and O–H groups in total. The first-order valence-corrected chi connectivity index (χ1v) is 8.13. The molecular formula is C18H23ClN2O2. The smallest absolute Gasteiger partial charge is 0.180 e. The number of anilines is 1. The van der Waals surface area contributed by atoms with E-state index in [4.69, 9.17) is 21.1 Å². The van der Waals surface area contributed by atoms with E-state index in [1.165, 1.54) is 0 Å². The summed E-state index contributed by atoms with van der Waals surface area (Å²) in [4.78, 5) is 0. The Hall–Kier alpha value is -1.91. The van der Waals surface area contributed by atoms with Crippen LogP contribution in [-0.2, 0) is 6.54 Å². The molecule has 2 aromatic carbocycles. The van der Waals surface area contributed by atoms with Gasteiger partial charge in [-0.1, -0.05) is 29.8 Å². The molecule has 0 aliphatic rings. The van der Waals surface area contributed by atoms with Crippen LogP contribution in [0.15, 0.2) is 42.5 Å². The second kappa shape index (κ2) is 8.65. The third kappa shape index (κ3) is 5.34. The van der Waals surface area contributed by atoms with E-state index in [1.54, 1.807) is 0 Å². The minimum absolute atomic E-state index is 0.0374. The molecule has 124 valence electrons. The zero-order chi connectivity index (χ0) is 16.7. The highest BCUT2D eigenvalue weighted by Gasteiger charge is 2.13. The summed E-state index contributed by atoms with van der Waals surface area (Å²) in [5.41, 5.74) is 8.33. The first-order chi connectivity index (χ1) is 11.1. The number of ether oxygens (including phenoxy) is 2. The van der Waals surface area contributed by atoms with E-state index in [9.17, 15) is 0 Å². The molecule has 0 amide bonds. The van der Waals surface area contributed by atoms with Crippen molar-refractivity contribution in [2.24, 2.45) is 0 Å². The maximum absolute atomic E-state index is 6.36. The number of benzene rings is 2. The Bertz CT molecular complexity index is 618. The first-order valence-electron chi connectivity index (χ1n) is 7.76. The molecule has 0 spiro atoms. The maximum Gasteiger partial charge on any atom is 0.180 e. The highest BCUT2D eigenvalue weighted by atomic mass is 35.5. The highest BCUT2D eigenvalue weighted by molar-refractivity contribution is 6.32. The molecule has 2 rings (SSSR count). The molecule has 0 atom stereocenters. The molecule has 5 heteroatoms. The predicted octanol–water partition coefficient (Wildman–Crippen LogP) is 4.64. The number of hydrogen-bond donors (Lipinski definition) is 2. The molecule has 0 aliphatic carbocycles. The number of rotatable bonds is 8. The molecule has 0 saturated carbocycles. The summed E-state index contributed by atoms with van der Waals surface area (Å²) in [6, 6.07) is 13.8. The van der Waals surface area contributed by atoms with Crippen molar-refractivity contribution in [2.45, 2.75) is 33.4 Å². The van der Waals surface area contributed by atoms with Crippen LogP contribution < -0.4 is 20.3 Å². The number of halogens is 1. The summed E-state index contributed by atoms with van der Waals surface area (Å²) in [6.45, 7) is 7.03. The SMILES string of the molecule is CCOc1cc(CNNc2ccccc2)cc(Cl)c1OC(C)C. The Morgan fingerprint density at radius 1 is 1.13 bits per heavy atom. The highest BCUT2D eigenvalue weighted by Crippen LogP contribution is 2.37. The van der Waals surface area contributed by atoms with Crippen LogP contribution in [0, 0.1) is 0 Å².